The fourth-order valence-corrected chi connectivity index (χ4v) is 6.11. The fourth-order valence-electron chi connectivity index (χ4n) is 6.11. The lowest BCUT2D eigenvalue weighted by Crippen LogP contribution is -2.47. The van der Waals surface area contributed by atoms with Gasteiger partial charge in [-0.2, -0.15) is 4.98 Å². The number of aryl methyl sites for hydroxylation is 1. The van der Waals surface area contributed by atoms with Crippen molar-refractivity contribution in [3.8, 4) is 11.4 Å². The molecule has 8 rings (SSSR count). The average molecular weight is 426 g/mol. The second kappa shape index (κ2) is 6.50. The molecule has 4 aliphatic carbocycles. The Bertz CT molecular complexity index is 1290. The summed E-state index contributed by atoms with van der Waals surface area (Å²) in [5.74, 6) is 3.37. The van der Waals surface area contributed by atoms with Crippen LogP contribution >= 0.6 is 0 Å². The Morgan fingerprint density at radius 3 is 2.34 bits per heavy atom. The van der Waals surface area contributed by atoms with Crippen LogP contribution in [-0.4, -0.2) is 24.7 Å². The summed E-state index contributed by atoms with van der Waals surface area (Å²) in [6.45, 7) is 2.09. The molecule has 0 unspecified atom stereocenters. The third-order valence-corrected chi connectivity index (χ3v) is 8.39. The summed E-state index contributed by atoms with van der Waals surface area (Å²) in [4.78, 5) is 4.86. The van der Waals surface area contributed by atoms with Gasteiger partial charge >= 0.3 is 0 Å². The van der Waals surface area contributed by atoms with Crippen molar-refractivity contribution >= 4 is 5.65 Å². The van der Waals surface area contributed by atoms with E-state index in [1.165, 1.54) is 24.0 Å². The first kappa shape index (κ1) is 18.5. The molecule has 0 spiro atoms. The molecule has 1 aromatic carbocycles. The predicted octanol–water partition coefficient (Wildman–Crippen LogP) is 5.51. The monoisotopic (exact) mass is 425 g/mol. The van der Waals surface area contributed by atoms with Crippen LogP contribution < -0.4 is 0 Å². The highest BCUT2D eigenvalue weighted by molar-refractivity contribution is 5.55. The van der Waals surface area contributed by atoms with Crippen LogP contribution in [0.1, 0.15) is 80.1 Å². The lowest BCUT2D eigenvalue weighted by molar-refractivity contribution is 0.0700. The van der Waals surface area contributed by atoms with E-state index in [0.29, 0.717) is 11.7 Å². The number of rotatable bonds is 4. The lowest BCUT2D eigenvalue weighted by Gasteiger charge is -2.50. The van der Waals surface area contributed by atoms with Gasteiger partial charge in [-0.25, -0.2) is 0 Å². The van der Waals surface area contributed by atoms with E-state index in [2.05, 4.69) is 64.2 Å². The number of pyridine rings is 1. The van der Waals surface area contributed by atoms with E-state index < -0.39 is 0 Å². The number of nitrogens with zero attached hydrogens (tertiary/aromatic N) is 5. The van der Waals surface area contributed by atoms with Gasteiger partial charge in [-0.3, -0.25) is 4.40 Å². The van der Waals surface area contributed by atoms with E-state index in [-0.39, 0.29) is 10.8 Å². The lowest BCUT2D eigenvalue weighted by atomic mass is 9.53. The summed E-state index contributed by atoms with van der Waals surface area (Å²) in [5.41, 5.74) is 4.82. The molecule has 162 valence electrons. The molecule has 4 fully saturated rings. The van der Waals surface area contributed by atoms with Crippen molar-refractivity contribution in [2.24, 2.45) is 0 Å². The van der Waals surface area contributed by atoms with Crippen LogP contribution in [0.5, 0.6) is 0 Å². The SMILES string of the molecule is Cc1ccc(-c2noc(C34CCC(c5nnc6c(C7CC7)cccn56)(CC3)CC4)n2)cc1. The molecule has 0 atom stereocenters. The minimum absolute atomic E-state index is 0.0113. The standard InChI is InChI=1S/C26H27N5O/c1-17-4-6-19(7-5-17)21-27-24(32-30-21)26-13-10-25(11-14-26,12-15-26)23-29-28-22-20(18-8-9-18)3-2-16-31(22)23/h2-7,16,18H,8-15H2,1H3. The summed E-state index contributed by atoms with van der Waals surface area (Å²) in [6, 6.07) is 12.7. The molecule has 2 bridgehead atoms. The van der Waals surface area contributed by atoms with Gasteiger partial charge in [-0.1, -0.05) is 41.1 Å². The number of fused-ring (bicyclic) bond motifs is 4. The van der Waals surface area contributed by atoms with Crippen molar-refractivity contribution in [3.05, 3.63) is 65.4 Å². The zero-order valence-electron chi connectivity index (χ0n) is 18.4. The highest BCUT2D eigenvalue weighted by Crippen LogP contribution is 2.58. The quantitative estimate of drug-likeness (QED) is 0.431. The number of benzene rings is 1. The molecule has 0 aliphatic heterocycles. The number of hydrogen-bond acceptors (Lipinski definition) is 5. The molecule has 0 saturated heterocycles. The second-order valence-electron chi connectivity index (χ2n) is 10.3. The van der Waals surface area contributed by atoms with Gasteiger partial charge in [0.05, 0.1) is 0 Å². The molecule has 3 aromatic heterocycles. The van der Waals surface area contributed by atoms with Crippen molar-refractivity contribution in [1.29, 1.82) is 0 Å². The zero-order chi connectivity index (χ0) is 21.3. The van der Waals surface area contributed by atoms with Gasteiger partial charge in [0, 0.05) is 28.2 Å². The third-order valence-electron chi connectivity index (χ3n) is 8.39. The minimum Gasteiger partial charge on any atom is -0.338 e. The molecular formula is C26H27N5O. The molecule has 0 amide bonds. The Hall–Kier alpha value is -3.02. The van der Waals surface area contributed by atoms with Crippen LogP contribution in [0, 0.1) is 6.92 Å². The molecule has 3 heterocycles. The van der Waals surface area contributed by atoms with Gasteiger partial charge in [0.15, 0.2) is 5.65 Å². The average Bonchev–Trinajstić information content (AvgIpc) is 3.38. The van der Waals surface area contributed by atoms with Crippen LogP contribution in [-0.2, 0) is 10.8 Å². The second-order valence-corrected chi connectivity index (χ2v) is 10.3. The molecule has 4 aromatic rings. The Morgan fingerprint density at radius 1 is 0.906 bits per heavy atom. The summed E-state index contributed by atoms with van der Waals surface area (Å²) in [6.07, 6.45) is 11.2. The van der Waals surface area contributed by atoms with Crippen LogP contribution in [0.15, 0.2) is 47.1 Å². The first-order chi connectivity index (χ1) is 15.7. The van der Waals surface area contributed by atoms with E-state index >= 15 is 0 Å². The molecular weight excluding hydrogens is 398 g/mol. The van der Waals surface area contributed by atoms with Crippen molar-refractivity contribution in [3.63, 3.8) is 0 Å². The minimum atomic E-state index is 0.0113. The van der Waals surface area contributed by atoms with Crippen molar-refractivity contribution < 1.29 is 4.52 Å². The number of aromatic nitrogens is 5. The summed E-state index contributed by atoms with van der Waals surface area (Å²) < 4.78 is 8.14. The molecule has 0 N–H and O–H groups in total. The Morgan fingerprint density at radius 2 is 1.62 bits per heavy atom. The van der Waals surface area contributed by atoms with Gasteiger partial charge in [0.1, 0.15) is 5.82 Å². The van der Waals surface area contributed by atoms with Crippen molar-refractivity contribution in [1.82, 2.24) is 24.7 Å². The maximum absolute atomic E-state index is 5.86. The molecule has 0 radical (unpaired) electrons. The van der Waals surface area contributed by atoms with Crippen LogP contribution in [0.4, 0.5) is 0 Å². The van der Waals surface area contributed by atoms with Crippen LogP contribution in [0.3, 0.4) is 0 Å². The molecule has 4 aliphatic rings. The predicted molar refractivity (Wildman–Crippen MR) is 120 cm³/mol. The molecule has 32 heavy (non-hydrogen) atoms. The van der Waals surface area contributed by atoms with Gasteiger partial charge in [-0.15, -0.1) is 10.2 Å². The first-order valence-corrected chi connectivity index (χ1v) is 11.9. The van der Waals surface area contributed by atoms with Gasteiger partial charge in [0.2, 0.25) is 11.7 Å². The van der Waals surface area contributed by atoms with Gasteiger partial charge in [-0.05, 0) is 70.3 Å². The molecule has 4 saturated carbocycles. The summed E-state index contributed by atoms with van der Waals surface area (Å²) in [5, 5.41) is 13.8. The maximum atomic E-state index is 5.86. The normalized spacial score (nSPS) is 27.3. The van der Waals surface area contributed by atoms with E-state index in [1.54, 1.807) is 0 Å². The van der Waals surface area contributed by atoms with Crippen LogP contribution in [0.25, 0.3) is 17.0 Å². The maximum Gasteiger partial charge on any atom is 0.233 e. The number of hydrogen-bond donors (Lipinski definition) is 0. The smallest absolute Gasteiger partial charge is 0.233 e. The van der Waals surface area contributed by atoms with Crippen LogP contribution in [0.2, 0.25) is 0 Å². The highest BCUT2D eigenvalue weighted by Gasteiger charge is 2.54. The largest absolute Gasteiger partial charge is 0.338 e. The fraction of sp³-hybridized carbons (Fsp3) is 0.462. The van der Waals surface area contributed by atoms with Gasteiger partial charge < -0.3 is 4.52 Å². The molecule has 6 nitrogen and oxygen atoms in total. The van der Waals surface area contributed by atoms with Crippen molar-refractivity contribution in [2.45, 2.75) is 75.0 Å². The van der Waals surface area contributed by atoms with E-state index in [1.807, 2.05) is 0 Å². The Kier molecular flexibility index (Phi) is 3.77. The third kappa shape index (κ3) is 2.64. The summed E-state index contributed by atoms with van der Waals surface area (Å²) >= 11 is 0. The van der Waals surface area contributed by atoms with E-state index in [4.69, 9.17) is 14.6 Å². The Balaban J connectivity index is 1.18. The van der Waals surface area contributed by atoms with Crippen molar-refractivity contribution in [2.75, 3.05) is 0 Å². The topological polar surface area (TPSA) is 69.1 Å². The highest BCUT2D eigenvalue weighted by atomic mass is 16.5. The van der Waals surface area contributed by atoms with Gasteiger partial charge in [0.25, 0.3) is 0 Å². The molecule has 6 heteroatoms. The zero-order valence-corrected chi connectivity index (χ0v) is 18.4. The summed E-state index contributed by atoms with van der Waals surface area (Å²) in [7, 11) is 0. The van der Waals surface area contributed by atoms with E-state index in [0.717, 1.165) is 61.5 Å². The first-order valence-electron chi connectivity index (χ1n) is 11.9. The van der Waals surface area contributed by atoms with E-state index in [9.17, 15) is 0 Å². The Labute approximate surface area is 187 Å².